The predicted molar refractivity (Wildman–Crippen MR) is 79.6 cm³/mol. The Bertz CT molecular complexity index is 528. The van der Waals surface area contributed by atoms with Crippen LogP contribution in [-0.2, 0) is 0 Å². The lowest BCUT2D eigenvalue weighted by molar-refractivity contribution is 0.360. The molecule has 2 N–H and O–H groups in total. The van der Waals surface area contributed by atoms with Gasteiger partial charge in [-0.05, 0) is 56.5 Å². The van der Waals surface area contributed by atoms with Gasteiger partial charge in [0.25, 0.3) is 0 Å². The van der Waals surface area contributed by atoms with E-state index in [4.69, 9.17) is 0 Å². The summed E-state index contributed by atoms with van der Waals surface area (Å²) in [5.41, 5.74) is 3.41. The first-order valence-electron chi connectivity index (χ1n) is 7.18. The van der Waals surface area contributed by atoms with E-state index in [1.165, 1.54) is 38.0 Å². The first kappa shape index (κ1) is 12.5. The molecule has 0 radical (unpaired) electrons. The third kappa shape index (κ3) is 2.89. The number of aromatic amines is 1. The summed E-state index contributed by atoms with van der Waals surface area (Å²) in [7, 11) is 2.17. The molecule has 1 saturated heterocycles. The van der Waals surface area contributed by atoms with Gasteiger partial charge < -0.3 is 15.2 Å². The predicted octanol–water partition coefficient (Wildman–Crippen LogP) is 2.39. The van der Waals surface area contributed by atoms with Crippen molar-refractivity contribution < 1.29 is 0 Å². The summed E-state index contributed by atoms with van der Waals surface area (Å²) < 4.78 is 0. The minimum atomic E-state index is 0.840. The van der Waals surface area contributed by atoms with Gasteiger partial charge in [0.15, 0.2) is 0 Å². The maximum Gasteiger partial charge on any atom is 0.0931 e. The summed E-state index contributed by atoms with van der Waals surface area (Å²) in [6.07, 6.45) is 5.72. The minimum absolute atomic E-state index is 0.840. The van der Waals surface area contributed by atoms with Crippen molar-refractivity contribution >= 4 is 16.7 Å². The number of H-pyrrole nitrogens is 1. The Balaban J connectivity index is 1.60. The molecule has 102 valence electrons. The molecule has 3 rings (SSSR count). The number of anilines is 1. The summed E-state index contributed by atoms with van der Waals surface area (Å²) in [5, 5.41) is 3.49. The highest BCUT2D eigenvalue weighted by Crippen LogP contribution is 2.21. The molecule has 1 aromatic carbocycles. The quantitative estimate of drug-likeness (QED) is 0.885. The average Bonchev–Trinajstić information content (AvgIpc) is 2.93. The summed E-state index contributed by atoms with van der Waals surface area (Å²) in [6, 6.07) is 6.42. The van der Waals surface area contributed by atoms with Crippen molar-refractivity contribution in [2.45, 2.75) is 19.3 Å². The van der Waals surface area contributed by atoms with Gasteiger partial charge in [0.1, 0.15) is 0 Å². The number of rotatable bonds is 4. The zero-order chi connectivity index (χ0) is 13.1. The largest absolute Gasteiger partial charge is 0.375 e. The Labute approximate surface area is 114 Å². The van der Waals surface area contributed by atoms with E-state index in [1.807, 2.05) is 0 Å². The Morgan fingerprint density at radius 1 is 1.42 bits per heavy atom. The molecular formula is C15H22N4. The maximum atomic E-state index is 4.26. The van der Waals surface area contributed by atoms with Gasteiger partial charge in [-0.15, -0.1) is 0 Å². The van der Waals surface area contributed by atoms with Gasteiger partial charge in [-0.2, -0.15) is 0 Å². The fraction of sp³-hybridized carbons (Fsp3) is 0.533. The topological polar surface area (TPSA) is 44.0 Å². The van der Waals surface area contributed by atoms with Crippen molar-refractivity contribution in [1.82, 2.24) is 15.3 Å². The van der Waals surface area contributed by atoms with Crippen LogP contribution in [0.15, 0.2) is 24.5 Å². The molecule has 19 heavy (non-hydrogen) atoms. The van der Waals surface area contributed by atoms with Crippen LogP contribution in [0.3, 0.4) is 0 Å². The average molecular weight is 258 g/mol. The zero-order valence-corrected chi connectivity index (χ0v) is 11.5. The van der Waals surface area contributed by atoms with Crippen molar-refractivity contribution in [3.8, 4) is 0 Å². The van der Waals surface area contributed by atoms with Gasteiger partial charge in [0.05, 0.1) is 17.4 Å². The van der Waals surface area contributed by atoms with E-state index in [0.717, 1.165) is 23.5 Å². The maximum absolute atomic E-state index is 4.26. The molecule has 1 aromatic heterocycles. The third-order valence-electron chi connectivity index (χ3n) is 4.12. The molecule has 0 bridgehead atoms. The molecule has 1 atom stereocenters. The molecule has 0 aliphatic carbocycles. The molecule has 2 heterocycles. The highest BCUT2D eigenvalue weighted by atomic mass is 15.1. The third-order valence-corrected chi connectivity index (χ3v) is 4.12. The molecule has 1 aliphatic rings. The van der Waals surface area contributed by atoms with Crippen LogP contribution in [0.2, 0.25) is 0 Å². The number of benzene rings is 1. The number of nitrogens with one attached hydrogen (secondary N) is 2. The number of hydrogen-bond acceptors (Lipinski definition) is 3. The van der Waals surface area contributed by atoms with Crippen LogP contribution in [0.1, 0.15) is 19.3 Å². The van der Waals surface area contributed by atoms with Gasteiger partial charge >= 0.3 is 0 Å². The molecule has 0 saturated carbocycles. The molecule has 4 nitrogen and oxygen atoms in total. The number of hydrogen-bond donors (Lipinski definition) is 2. The normalized spacial score (nSPS) is 19.7. The summed E-state index contributed by atoms with van der Waals surface area (Å²) >= 11 is 0. The first-order valence-corrected chi connectivity index (χ1v) is 7.18. The Morgan fingerprint density at radius 3 is 3.21 bits per heavy atom. The number of imidazole rings is 1. The molecule has 0 amide bonds. The van der Waals surface area contributed by atoms with Crippen LogP contribution in [0.4, 0.5) is 5.69 Å². The standard InChI is InChI=1S/C15H22N4/c1-19(8-6-12-3-2-7-16-10-12)13-4-5-14-15(9-13)18-11-17-14/h4-5,9,11-12,16H,2-3,6-8,10H2,1H3,(H,17,18). The van der Waals surface area contributed by atoms with Gasteiger partial charge in [-0.1, -0.05) is 0 Å². The van der Waals surface area contributed by atoms with E-state index < -0.39 is 0 Å². The first-order chi connectivity index (χ1) is 9.33. The fourth-order valence-electron chi connectivity index (χ4n) is 2.84. The lowest BCUT2D eigenvalue weighted by Crippen LogP contribution is -2.32. The Hall–Kier alpha value is -1.55. The van der Waals surface area contributed by atoms with Crippen molar-refractivity contribution in [2.75, 3.05) is 31.6 Å². The summed E-state index contributed by atoms with van der Waals surface area (Å²) in [4.78, 5) is 9.77. The lowest BCUT2D eigenvalue weighted by atomic mass is 9.96. The molecule has 4 heteroatoms. The van der Waals surface area contributed by atoms with Crippen molar-refractivity contribution in [2.24, 2.45) is 5.92 Å². The number of aromatic nitrogens is 2. The minimum Gasteiger partial charge on any atom is -0.375 e. The second kappa shape index (κ2) is 5.61. The highest BCUT2D eigenvalue weighted by molar-refractivity contribution is 5.78. The van der Waals surface area contributed by atoms with E-state index in [-0.39, 0.29) is 0 Å². The molecular weight excluding hydrogens is 236 g/mol. The fourth-order valence-corrected chi connectivity index (χ4v) is 2.84. The van der Waals surface area contributed by atoms with E-state index in [2.05, 4.69) is 45.4 Å². The van der Waals surface area contributed by atoms with Crippen LogP contribution in [0.25, 0.3) is 11.0 Å². The molecule has 0 spiro atoms. The molecule has 1 aliphatic heterocycles. The monoisotopic (exact) mass is 258 g/mol. The van der Waals surface area contributed by atoms with Crippen LogP contribution >= 0.6 is 0 Å². The second-order valence-electron chi connectivity index (χ2n) is 5.53. The summed E-state index contributed by atoms with van der Waals surface area (Å²) in [6.45, 7) is 3.50. The smallest absolute Gasteiger partial charge is 0.0931 e. The van der Waals surface area contributed by atoms with Gasteiger partial charge in [0.2, 0.25) is 0 Å². The van der Waals surface area contributed by atoms with Gasteiger partial charge in [0, 0.05) is 19.3 Å². The number of fused-ring (bicyclic) bond motifs is 1. The summed E-state index contributed by atoms with van der Waals surface area (Å²) in [5.74, 6) is 0.840. The lowest BCUT2D eigenvalue weighted by Gasteiger charge is -2.26. The zero-order valence-electron chi connectivity index (χ0n) is 11.5. The molecule has 1 fully saturated rings. The second-order valence-corrected chi connectivity index (χ2v) is 5.53. The van der Waals surface area contributed by atoms with E-state index in [9.17, 15) is 0 Å². The highest BCUT2D eigenvalue weighted by Gasteiger charge is 2.13. The van der Waals surface area contributed by atoms with Crippen molar-refractivity contribution in [1.29, 1.82) is 0 Å². The Kier molecular flexibility index (Phi) is 3.69. The molecule has 1 unspecified atom stereocenters. The van der Waals surface area contributed by atoms with Crippen LogP contribution in [0, 0.1) is 5.92 Å². The number of piperidine rings is 1. The molecule has 2 aromatic rings. The van der Waals surface area contributed by atoms with Gasteiger partial charge in [-0.25, -0.2) is 4.98 Å². The van der Waals surface area contributed by atoms with Crippen molar-refractivity contribution in [3.05, 3.63) is 24.5 Å². The van der Waals surface area contributed by atoms with Crippen LogP contribution in [-0.4, -0.2) is 36.6 Å². The van der Waals surface area contributed by atoms with Crippen LogP contribution < -0.4 is 10.2 Å². The van der Waals surface area contributed by atoms with Crippen molar-refractivity contribution in [3.63, 3.8) is 0 Å². The van der Waals surface area contributed by atoms with Crippen LogP contribution in [0.5, 0.6) is 0 Å². The van der Waals surface area contributed by atoms with Gasteiger partial charge in [-0.3, -0.25) is 0 Å². The van der Waals surface area contributed by atoms with E-state index in [0.29, 0.717) is 0 Å². The van der Waals surface area contributed by atoms with E-state index in [1.54, 1.807) is 6.33 Å². The SMILES string of the molecule is CN(CCC1CCCNC1)c1ccc2nc[nH]c2c1. The Morgan fingerprint density at radius 2 is 2.37 bits per heavy atom. The van der Waals surface area contributed by atoms with E-state index >= 15 is 0 Å². The number of nitrogens with zero attached hydrogens (tertiary/aromatic N) is 2.